The first-order valence-electron chi connectivity index (χ1n) is 12.2. The molecule has 1 N–H and O–H groups in total. The number of rotatable bonds is 8. The number of carbonyl (C=O) groups is 3. The summed E-state index contributed by atoms with van der Waals surface area (Å²) in [4.78, 5) is 43.2. The van der Waals surface area contributed by atoms with Gasteiger partial charge in [0, 0.05) is 19.6 Å². The van der Waals surface area contributed by atoms with E-state index >= 15 is 0 Å². The van der Waals surface area contributed by atoms with Crippen LogP contribution in [0.5, 0.6) is 0 Å². The zero-order chi connectivity index (χ0) is 24.2. The second kappa shape index (κ2) is 10.8. The molecule has 4 atom stereocenters. The highest BCUT2D eigenvalue weighted by Gasteiger charge is 2.51. The van der Waals surface area contributed by atoms with Crippen LogP contribution in [0.2, 0.25) is 0 Å². The van der Waals surface area contributed by atoms with E-state index in [0.29, 0.717) is 52.1 Å². The zero-order valence-corrected chi connectivity index (χ0v) is 19.9. The average Bonchev–Trinajstić information content (AvgIpc) is 3.09. The summed E-state index contributed by atoms with van der Waals surface area (Å²) in [7, 11) is 0. The molecule has 1 aromatic rings. The molecule has 3 aliphatic rings. The normalized spacial score (nSPS) is 24.9. The largest absolute Gasteiger partial charge is 0.379 e. The van der Waals surface area contributed by atoms with Crippen molar-refractivity contribution in [1.82, 2.24) is 15.1 Å². The number of fused-ring (bicyclic) bond motifs is 1. The lowest BCUT2D eigenvalue weighted by Gasteiger charge is -2.35. The molecule has 1 aliphatic carbocycles. The Balaban J connectivity index is 1.51. The minimum Gasteiger partial charge on any atom is -0.379 e. The van der Waals surface area contributed by atoms with Crippen LogP contribution in [-0.2, 0) is 19.1 Å². The Morgan fingerprint density at radius 1 is 1.06 bits per heavy atom. The summed E-state index contributed by atoms with van der Waals surface area (Å²) in [5.41, 5.74) is 0.898. The van der Waals surface area contributed by atoms with E-state index in [0.717, 1.165) is 5.56 Å². The van der Waals surface area contributed by atoms with Crippen molar-refractivity contribution in [3.63, 3.8) is 0 Å². The quantitative estimate of drug-likeness (QED) is 0.466. The Labute approximate surface area is 200 Å². The van der Waals surface area contributed by atoms with Crippen LogP contribution in [0.1, 0.15) is 44.7 Å². The van der Waals surface area contributed by atoms with E-state index in [9.17, 15) is 18.8 Å². The van der Waals surface area contributed by atoms with Crippen molar-refractivity contribution < 1.29 is 23.5 Å². The fourth-order valence-electron chi connectivity index (χ4n) is 5.26. The van der Waals surface area contributed by atoms with Crippen LogP contribution in [0, 0.1) is 23.6 Å². The molecule has 7 nitrogen and oxygen atoms in total. The van der Waals surface area contributed by atoms with E-state index in [1.165, 1.54) is 17.0 Å². The van der Waals surface area contributed by atoms with Gasteiger partial charge in [0.15, 0.2) is 0 Å². The van der Waals surface area contributed by atoms with Crippen LogP contribution in [0.3, 0.4) is 0 Å². The molecule has 184 valence electrons. The van der Waals surface area contributed by atoms with Crippen LogP contribution < -0.4 is 5.32 Å². The van der Waals surface area contributed by atoms with Gasteiger partial charge in [0.05, 0.1) is 31.1 Å². The molecule has 0 radical (unpaired) electrons. The SMILES string of the molecule is CC(C)C[C@H](C(=O)NC[C@@H](c1ccc(F)cc1)N1CCOCC1)N1C(=O)[C@H]2CC=CC[C@H]2C1=O. The topological polar surface area (TPSA) is 79.0 Å². The molecule has 2 fully saturated rings. The number of hydrogen-bond donors (Lipinski definition) is 1. The van der Waals surface area contributed by atoms with E-state index < -0.39 is 6.04 Å². The van der Waals surface area contributed by atoms with Crippen LogP contribution >= 0.6 is 0 Å². The van der Waals surface area contributed by atoms with Crippen molar-refractivity contribution in [2.45, 2.75) is 45.2 Å². The summed E-state index contributed by atoms with van der Waals surface area (Å²) in [5, 5.41) is 3.02. The molecule has 1 aromatic carbocycles. The fraction of sp³-hybridized carbons (Fsp3) is 0.577. The minimum atomic E-state index is -0.829. The molecule has 2 heterocycles. The van der Waals surface area contributed by atoms with Gasteiger partial charge in [-0.3, -0.25) is 24.2 Å². The number of hydrogen-bond acceptors (Lipinski definition) is 5. The lowest BCUT2D eigenvalue weighted by molar-refractivity contribution is -0.148. The predicted molar refractivity (Wildman–Crippen MR) is 125 cm³/mol. The Bertz CT molecular complexity index is 900. The number of likely N-dealkylation sites (tertiary alicyclic amines) is 1. The van der Waals surface area contributed by atoms with Gasteiger partial charge in [-0.25, -0.2) is 4.39 Å². The molecular formula is C26H34FN3O4. The molecule has 4 rings (SSSR count). The van der Waals surface area contributed by atoms with E-state index in [1.54, 1.807) is 12.1 Å². The van der Waals surface area contributed by atoms with Gasteiger partial charge in [-0.2, -0.15) is 0 Å². The second-order valence-corrected chi connectivity index (χ2v) is 9.81. The first kappa shape index (κ1) is 24.5. The number of ether oxygens (including phenoxy) is 1. The van der Waals surface area contributed by atoms with E-state index in [1.807, 2.05) is 26.0 Å². The third kappa shape index (κ3) is 5.23. The molecule has 0 unspecified atom stereocenters. The Morgan fingerprint density at radius 3 is 2.21 bits per heavy atom. The van der Waals surface area contributed by atoms with Gasteiger partial charge in [0.25, 0.3) is 0 Å². The minimum absolute atomic E-state index is 0.129. The Hall–Kier alpha value is -2.58. The highest BCUT2D eigenvalue weighted by atomic mass is 19.1. The number of nitrogens with zero attached hydrogens (tertiary/aromatic N) is 2. The van der Waals surface area contributed by atoms with Crippen LogP contribution in [0.15, 0.2) is 36.4 Å². The number of halogens is 1. The number of carbonyl (C=O) groups excluding carboxylic acids is 3. The molecule has 0 saturated carbocycles. The third-order valence-corrected chi connectivity index (χ3v) is 7.06. The number of allylic oxidation sites excluding steroid dienone is 2. The predicted octanol–water partition coefficient (Wildman–Crippen LogP) is 2.68. The molecule has 34 heavy (non-hydrogen) atoms. The molecule has 8 heteroatoms. The number of amides is 3. The van der Waals surface area contributed by atoms with Gasteiger partial charge >= 0.3 is 0 Å². The first-order chi connectivity index (χ1) is 16.4. The van der Waals surface area contributed by atoms with Crippen LogP contribution in [-0.4, -0.2) is 66.4 Å². The summed E-state index contributed by atoms with van der Waals surface area (Å²) < 4.78 is 19.0. The summed E-state index contributed by atoms with van der Waals surface area (Å²) in [6, 6.07) is 5.32. The maximum atomic E-state index is 13.5. The van der Waals surface area contributed by atoms with Crippen molar-refractivity contribution in [3.05, 3.63) is 47.8 Å². The van der Waals surface area contributed by atoms with Gasteiger partial charge in [-0.15, -0.1) is 0 Å². The number of imide groups is 1. The van der Waals surface area contributed by atoms with Gasteiger partial charge < -0.3 is 10.1 Å². The molecular weight excluding hydrogens is 437 g/mol. The summed E-state index contributed by atoms with van der Waals surface area (Å²) in [6.45, 7) is 6.84. The third-order valence-electron chi connectivity index (χ3n) is 7.06. The molecule has 0 aromatic heterocycles. The molecule has 2 saturated heterocycles. The standard InChI is InChI=1S/C26H34FN3O4/c1-17(2)15-22(30-25(32)20-5-3-4-6-21(20)26(30)33)24(31)28-16-23(29-11-13-34-14-12-29)18-7-9-19(27)10-8-18/h3-4,7-10,17,20-23H,5-6,11-16H2,1-2H3,(H,28,31)/t20-,21+,22-,23+/m1/s1. The Kier molecular flexibility index (Phi) is 7.78. The monoisotopic (exact) mass is 471 g/mol. The lowest BCUT2D eigenvalue weighted by Crippen LogP contribution is -2.52. The van der Waals surface area contributed by atoms with Crippen molar-refractivity contribution in [2.75, 3.05) is 32.8 Å². The van der Waals surface area contributed by atoms with Crippen LogP contribution in [0.4, 0.5) is 4.39 Å². The fourth-order valence-corrected chi connectivity index (χ4v) is 5.26. The van der Waals surface area contributed by atoms with Gasteiger partial charge in [-0.1, -0.05) is 38.1 Å². The molecule has 0 bridgehead atoms. The highest BCUT2D eigenvalue weighted by molar-refractivity contribution is 6.08. The molecule has 0 spiro atoms. The summed E-state index contributed by atoms with van der Waals surface area (Å²) in [5.74, 6) is -1.69. The summed E-state index contributed by atoms with van der Waals surface area (Å²) >= 11 is 0. The van der Waals surface area contributed by atoms with Crippen LogP contribution in [0.25, 0.3) is 0 Å². The van der Waals surface area contributed by atoms with E-state index in [-0.39, 0.29) is 47.3 Å². The molecule has 2 aliphatic heterocycles. The maximum absolute atomic E-state index is 13.5. The lowest BCUT2D eigenvalue weighted by atomic mass is 9.85. The number of benzene rings is 1. The van der Waals surface area contributed by atoms with E-state index in [2.05, 4.69) is 10.2 Å². The summed E-state index contributed by atoms with van der Waals surface area (Å²) in [6.07, 6.45) is 5.40. The maximum Gasteiger partial charge on any atom is 0.243 e. The number of nitrogens with one attached hydrogen (secondary N) is 1. The average molecular weight is 472 g/mol. The zero-order valence-electron chi connectivity index (χ0n) is 19.9. The van der Waals surface area contributed by atoms with Crippen molar-refractivity contribution >= 4 is 17.7 Å². The van der Waals surface area contributed by atoms with Gasteiger partial charge in [-0.05, 0) is 42.9 Å². The first-order valence-corrected chi connectivity index (χ1v) is 12.2. The van der Waals surface area contributed by atoms with Crippen molar-refractivity contribution in [2.24, 2.45) is 17.8 Å². The molecule has 3 amide bonds. The highest BCUT2D eigenvalue weighted by Crippen LogP contribution is 2.37. The van der Waals surface area contributed by atoms with E-state index in [4.69, 9.17) is 4.74 Å². The van der Waals surface area contributed by atoms with Gasteiger partial charge in [0.2, 0.25) is 17.7 Å². The van der Waals surface area contributed by atoms with Gasteiger partial charge in [0.1, 0.15) is 11.9 Å². The number of morpholine rings is 1. The smallest absolute Gasteiger partial charge is 0.243 e. The van der Waals surface area contributed by atoms with Crippen molar-refractivity contribution in [3.8, 4) is 0 Å². The second-order valence-electron chi connectivity index (χ2n) is 9.81. The van der Waals surface area contributed by atoms with Crippen molar-refractivity contribution in [1.29, 1.82) is 0 Å². The Morgan fingerprint density at radius 2 is 1.65 bits per heavy atom.